The van der Waals surface area contributed by atoms with Crippen molar-refractivity contribution < 1.29 is 8.78 Å². The van der Waals surface area contributed by atoms with Gasteiger partial charge in [0.05, 0.1) is 11.3 Å². The van der Waals surface area contributed by atoms with Crippen molar-refractivity contribution in [2.24, 2.45) is 0 Å². The Bertz CT molecular complexity index is 573. The molecule has 0 aliphatic carbocycles. The van der Waals surface area contributed by atoms with Gasteiger partial charge in [-0.05, 0) is 25.1 Å². The first kappa shape index (κ1) is 10.9. The average Bonchev–Trinajstić information content (AvgIpc) is 2.15. The number of nitrogens with one attached hydrogen (secondary N) is 1. The van der Waals surface area contributed by atoms with Gasteiger partial charge in [-0.25, -0.2) is 13.8 Å². The van der Waals surface area contributed by atoms with E-state index in [-0.39, 0.29) is 5.56 Å². The number of H-pyrrole nitrogens is 1. The molecule has 0 bridgehead atoms. The van der Waals surface area contributed by atoms with E-state index in [1.165, 1.54) is 24.3 Å². The molecule has 0 saturated carbocycles. The summed E-state index contributed by atoms with van der Waals surface area (Å²) < 4.78 is 27.3. The normalized spacial score (nSPS) is 10.4. The molecular weight excluding hydrogens is 230 g/mol. The first-order chi connectivity index (χ1) is 7.58. The van der Waals surface area contributed by atoms with E-state index < -0.39 is 11.6 Å². The van der Waals surface area contributed by atoms with Crippen LogP contribution in [0.5, 0.6) is 0 Å². The molecule has 0 amide bonds. The first-order valence-corrected chi connectivity index (χ1v) is 5.01. The Labute approximate surface area is 96.0 Å². The van der Waals surface area contributed by atoms with Gasteiger partial charge in [0, 0.05) is 0 Å². The fraction of sp³-hybridized carbons (Fsp3) is 0.0909. The number of benzene rings is 1. The van der Waals surface area contributed by atoms with Gasteiger partial charge in [0.1, 0.15) is 22.1 Å². The van der Waals surface area contributed by atoms with Gasteiger partial charge in [-0.1, -0.05) is 18.3 Å². The highest BCUT2D eigenvalue weighted by molar-refractivity contribution is 7.71. The number of halogens is 2. The summed E-state index contributed by atoms with van der Waals surface area (Å²) in [6, 6.07) is 5.15. The Morgan fingerprint density at radius 2 is 1.88 bits per heavy atom. The molecule has 1 aromatic heterocycles. The summed E-state index contributed by atoms with van der Waals surface area (Å²) in [5.41, 5.74) is 0.187. The van der Waals surface area contributed by atoms with E-state index in [2.05, 4.69) is 9.97 Å². The predicted octanol–water partition coefficient (Wildman–Crippen LogP) is 3.39. The number of aryl methyl sites for hydroxylation is 1. The summed E-state index contributed by atoms with van der Waals surface area (Å²) in [5.74, 6) is -0.738. The van der Waals surface area contributed by atoms with Gasteiger partial charge >= 0.3 is 0 Å². The Balaban J connectivity index is 2.72. The smallest absolute Gasteiger partial charge is 0.135 e. The maximum atomic E-state index is 13.5. The molecule has 0 atom stereocenters. The van der Waals surface area contributed by atoms with Crippen LogP contribution in [0.2, 0.25) is 0 Å². The van der Waals surface area contributed by atoms with E-state index in [1.54, 1.807) is 6.92 Å². The van der Waals surface area contributed by atoms with E-state index in [4.69, 9.17) is 12.2 Å². The first-order valence-electron chi connectivity index (χ1n) is 4.60. The van der Waals surface area contributed by atoms with Crippen molar-refractivity contribution in [1.29, 1.82) is 0 Å². The molecule has 1 aromatic carbocycles. The number of nitrogens with zero attached hydrogens (tertiary/aromatic N) is 1. The fourth-order valence-corrected chi connectivity index (χ4v) is 1.72. The Hall–Kier alpha value is -1.62. The molecule has 82 valence electrons. The third-order valence-electron chi connectivity index (χ3n) is 2.09. The van der Waals surface area contributed by atoms with Crippen LogP contribution >= 0.6 is 12.2 Å². The molecule has 5 heteroatoms. The SMILES string of the molecule is Cc1nc(=S)cc(-c2c(F)cccc2F)[nH]1. The van der Waals surface area contributed by atoms with E-state index >= 15 is 0 Å². The van der Waals surface area contributed by atoms with Crippen LogP contribution < -0.4 is 0 Å². The maximum Gasteiger partial charge on any atom is 0.135 e. The topological polar surface area (TPSA) is 28.7 Å². The van der Waals surface area contributed by atoms with Crippen molar-refractivity contribution in [1.82, 2.24) is 9.97 Å². The molecule has 1 N–H and O–H groups in total. The third-order valence-corrected chi connectivity index (χ3v) is 2.30. The molecule has 2 rings (SSSR count). The van der Waals surface area contributed by atoms with Gasteiger partial charge < -0.3 is 4.98 Å². The van der Waals surface area contributed by atoms with Crippen molar-refractivity contribution in [3.05, 3.63) is 46.4 Å². The molecule has 0 aliphatic heterocycles. The molecule has 1 heterocycles. The molecule has 2 nitrogen and oxygen atoms in total. The van der Waals surface area contributed by atoms with Gasteiger partial charge in [0.15, 0.2) is 0 Å². The van der Waals surface area contributed by atoms with E-state index in [9.17, 15) is 8.78 Å². The van der Waals surface area contributed by atoms with Crippen LogP contribution in [0.1, 0.15) is 5.82 Å². The van der Waals surface area contributed by atoms with Gasteiger partial charge in [0.2, 0.25) is 0 Å². The highest BCUT2D eigenvalue weighted by Crippen LogP contribution is 2.23. The van der Waals surface area contributed by atoms with Crippen molar-refractivity contribution in [3.63, 3.8) is 0 Å². The quantitative estimate of drug-likeness (QED) is 0.771. The lowest BCUT2D eigenvalue weighted by atomic mass is 10.1. The lowest BCUT2D eigenvalue weighted by Crippen LogP contribution is -1.96. The zero-order valence-corrected chi connectivity index (χ0v) is 9.24. The maximum absolute atomic E-state index is 13.5. The summed E-state index contributed by atoms with van der Waals surface area (Å²) in [6.07, 6.45) is 0. The van der Waals surface area contributed by atoms with Crippen LogP contribution in [-0.2, 0) is 0 Å². The van der Waals surface area contributed by atoms with Gasteiger partial charge in [0.25, 0.3) is 0 Å². The predicted molar refractivity (Wildman–Crippen MR) is 59.5 cm³/mol. The number of aromatic nitrogens is 2. The second-order valence-corrected chi connectivity index (χ2v) is 3.73. The minimum Gasteiger partial charge on any atom is -0.343 e. The number of hydrogen-bond donors (Lipinski definition) is 1. The molecule has 0 fully saturated rings. The monoisotopic (exact) mass is 238 g/mol. The summed E-state index contributed by atoms with van der Waals surface area (Å²) in [4.78, 5) is 6.72. The molecule has 0 saturated heterocycles. The summed E-state index contributed by atoms with van der Waals surface area (Å²) in [6.45, 7) is 1.68. The Kier molecular flexibility index (Phi) is 2.78. The Morgan fingerprint density at radius 1 is 1.25 bits per heavy atom. The van der Waals surface area contributed by atoms with Crippen molar-refractivity contribution in [2.75, 3.05) is 0 Å². The molecule has 0 spiro atoms. The number of rotatable bonds is 1. The van der Waals surface area contributed by atoms with Gasteiger partial charge in [-0.3, -0.25) is 0 Å². The van der Waals surface area contributed by atoms with Crippen LogP contribution in [0, 0.1) is 23.2 Å². The number of aromatic amines is 1. The summed E-state index contributed by atoms with van der Waals surface area (Å²) >= 11 is 4.90. The van der Waals surface area contributed by atoms with Gasteiger partial charge in [-0.15, -0.1) is 0 Å². The minimum atomic E-state index is -0.628. The molecule has 2 aromatic rings. The van der Waals surface area contributed by atoms with E-state index in [0.29, 0.717) is 16.2 Å². The van der Waals surface area contributed by atoms with Crippen LogP contribution in [0.3, 0.4) is 0 Å². The zero-order valence-electron chi connectivity index (χ0n) is 8.42. The van der Waals surface area contributed by atoms with E-state index in [0.717, 1.165) is 0 Å². The molecular formula is C11H8F2N2S. The van der Waals surface area contributed by atoms with Crippen LogP contribution in [0.15, 0.2) is 24.3 Å². The van der Waals surface area contributed by atoms with Crippen molar-refractivity contribution >= 4 is 12.2 Å². The van der Waals surface area contributed by atoms with Crippen LogP contribution in [-0.4, -0.2) is 9.97 Å². The molecule has 0 unspecified atom stereocenters. The molecule has 16 heavy (non-hydrogen) atoms. The van der Waals surface area contributed by atoms with Crippen molar-refractivity contribution in [3.8, 4) is 11.3 Å². The average molecular weight is 238 g/mol. The molecule has 0 aliphatic rings. The zero-order chi connectivity index (χ0) is 11.7. The van der Waals surface area contributed by atoms with Gasteiger partial charge in [-0.2, -0.15) is 0 Å². The summed E-state index contributed by atoms with van der Waals surface area (Å²) in [5, 5.41) is 0. The van der Waals surface area contributed by atoms with Crippen molar-refractivity contribution in [2.45, 2.75) is 6.92 Å². The second kappa shape index (κ2) is 4.09. The molecule has 0 radical (unpaired) electrons. The fourth-order valence-electron chi connectivity index (χ4n) is 1.47. The number of hydrogen-bond acceptors (Lipinski definition) is 2. The lowest BCUT2D eigenvalue weighted by Gasteiger charge is -2.05. The third kappa shape index (κ3) is 1.99. The van der Waals surface area contributed by atoms with E-state index in [1.807, 2.05) is 0 Å². The Morgan fingerprint density at radius 3 is 2.44 bits per heavy atom. The minimum absolute atomic E-state index is 0.112. The van der Waals surface area contributed by atoms with Crippen LogP contribution in [0.4, 0.5) is 8.78 Å². The highest BCUT2D eigenvalue weighted by atomic mass is 32.1. The summed E-state index contributed by atoms with van der Waals surface area (Å²) in [7, 11) is 0. The van der Waals surface area contributed by atoms with Crippen LogP contribution in [0.25, 0.3) is 11.3 Å². The second-order valence-electron chi connectivity index (χ2n) is 3.32. The lowest BCUT2D eigenvalue weighted by molar-refractivity contribution is 0.588. The standard InChI is InChI=1S/C11H8F2N2S/c1-6-14-9(5-10(16)15-6)11-7(12)3-2-4-8(11)13/h2-5H,1H3,(H,14,15,16). The highest BCUT2D eigenvalue weighted by Gasteiger charge is 2.11. The largest absolute Gasteiger partial charge is 0.343 e.